The Morgan fingerprint density at radius 2 is 1.83 bits per heavy atom. The molecule has 2 N–H and O–H groups in total. The molecular formula is C12H17ClN2O3. The Morgan fingerprint density at radius 3 is 2.44 bits per heavy atom. The van der Waals surface area contributed by atoms with E-state index < -0.39 is 5.97 Å². The molecule has 0 saturated carbocycles. The zero-order valence-electron chi connectivity index (χ0n) is 10.1. The number of amides is 1. The van der Waals surface area contributed by atoms with Gasteiger partial charge in [-0.2, -0.15) is 0 Å². The van der Waals surface area contributed by atoms with Gasteiger partial charge in [0, 0.05) is 5.69 Å². The van der Waals surface area contributed by atoms with Gasteiger partial charge in [-0.3, -0.25) is 9.59 Å². The van der Waals surface area contributed by atoms with Crippen molar-refractivity contribution in [3.63, 3.8) is 0 Å². The summed E-state index contributed by atoms with van der Waals surface area (Å²) in [4.78, 5) is 22.3. The molecule has 18 heavy (non-hydrogen) atoms. The Balaban J connectivity index is 0.00000289. The number of anilines is 1. The number of halogens is 1. The Morgan fingerprint density at radius 1 is 1.17 bits per heavy atom. The minimum Gasteiger partial charge on any atom is -0.465 e. The zero-order chi connectivity index (χ0) is 12.5. The fraction of sp³-hybridized carbons (Fsp3) is 0.333. The molecule has 0 bridgehead atoms. The highest BCUT2D eigenvalue weighted by molar-refractivity contribution is 5.85. The lowest BCUT2D eigenvalue weighted by Gasteiger charge is -2.07. The van der Waals surface area contributed by atoms with Crippen molar-refractivity contribution in [3.05, 3.63) is 30.3 Å². The van der Waals surface area contributed by atoms with E-state index >= 15 is 0 Å². The number of hydrogen-bond acceptors (Lipinski definition) is 4. The topological polar surface area (TPSA) is 67.4 Å². The number of carbonyl (C=O) groups is 2. The molecular weight excluding hydrogens is 256 g/mol. The summed E-state index contributed by atoms with van der Waals surface area (Å²) in [7, 11) is 0. The van der Waals surface area contributed by atoms with Crippen LogP contribution in [0.15, 0.2) is 30.3 Å². The van der Waals surface area contributed by atoms with Crippen molar-refractivity contribution in [2.75, 3.05) is 25.0 Å². The van der Waals surface area contributed by atoms with Gasteiger partial charge in [0.1, 0.15) is 6.54 Å². The number of para-hydroxylation sites is 1. The van der Waals surface area contributed by atoms with Crippen LogP contribution in [0.4, 0.5) is 5.69 Å². The number of hydrogen-bond donors (Lipinski definition) is 2. The molecule has 1 aromatic rings. The van der Waals surface area contributed by atoms with Crippen LogP contribution in [0.3, 0.4) is 0 Å². The Hall–Kier alpha value is -1.75. The molecule has 1 amide bonds. The number of nitrogens with one attached hydrogen (secondary N) is 2. The van der Waals surface area contributed by atoms with Gasteiger partial charge in [0.05, 0.1) is 13.2 Å². The maximum absolute atomic E-state index is 11.3. The second kappa shape index (κ2) is 9.30. The van der Waals surface area contributed by atoms with Crippen LogP contribution in [-0.4, -0.2) is 31.6 Å². The van der Waals surface area contributed by atoms with Crippen molar-refractivity contribution in [3.8, 4) is 0 Å². The number of ether oxygens (including phenoxy) is 1. The highest BCUT2D eigenvalue weighted by Gasteiger charge is 2.05. The molecule has 0 aliphatic rings. The van der Waals surface area contributed by atoms with E-state index in [2.05, 4.69) is 15.4 Å². The minimum absolute atomic E-state index is 0. The van der Waals surface area contributed by atoms with Gasteiger partial charge < -0.3 is 15.4 Å². The SMILES string of the molecule is CCOC(=O)CNC(=O)CNc1ccccc1.Cl. The highest BCUT2D eigenvalue weighted by atomic mass is 35.5. The number of benzene rings is 1. The molecule has 1 aromatic carbocycles. The van der Waals surface area contributed by atoms with Crippen molar-refractivity contribution in [2.45, 2.75) is 6.92 Å². The average Bonchev–Trinajstić information content (AvgIpc) is 2.35. The monoisotopic (exact) mass is 272 g/mol. The first-order valence-corrected chi connectivity index (χ1v) is 5.43. The number of esters is 1. The summed E-state index contributed by atoms with van der Waals surface area (Å²) in [5.41, 5.74) is 0.860. The first-order valence-electron chi connectivity index (χ1n) is 5.43. The predicted molar refractivity (Wildman–Crippen MR) is 71.8 cm³/mol. The van der Waals surface area contributed by atoms with Gasteiger partial charge >= 0.3 is 5.97 Å². The van der Waals surface area contributed by atoms with Crippen LogP contribution in [0, 0.1) is 0 Å². The van der Waals surface area contributed by atoms with Crippen molar-refractivity contribution >= 4 is 30.0 Å². The van der Waals surface area contributed by atoms with Crippen molar-refractivity contribution in [1.29, 1.82) is 0 Å². The van der Waals surface area contributed by atoms with Gasteiger partial charge in [-0.15, -0.1) is 12.4 Å². The second-order valence-electron chi connectivity index (χ2n) is 3.30. The number of rotatable bonds is 6. The Bertz CT molecular complexity index is 371. The van der Waals surface area contributed by atoms with Crippen LogP contribution in [0.25, 0.3) is 0 Å². The van der Waals surface area contributed by atoms with E-state index in [1.54, 1.807) is 6.92 Å². The molecule has 0 aliphatic heterocycles. The molecule has 0 radical (unpaired) electrons. The first-order chi connectivity index (χ1) is 8.22. The summed E-state index contributed by atoms with van der Waals surface area (Å²) in [5.74, 6) is -0.678. The first kappa shape index (κ1) is 16.2. The van der Waals surface area contributed by atoms with Crippen molar-refractivity contribution in [2.24, 2.45) is 0 Å². The van der Waals surface area contributed by atoms with Gasteiger partial charge in [0.2, 0.25) is 5.91 Å². The van der Waals surface area contributed by atoms with E-state index in [-0.39, 0.29) is 31.4 Å². The van der Waals surface area contributed by atoms with E-state index in [0.29, 0.717) is 6.61 Å². The van der Waals surface area contributed by atoms with Crippen LogP contribution < -0.4 is 10.6 Å². The normalized spacial score (nSPS) is 8.94. The number of carbonyl (C=O) groups excluding carboxylic acids is 2. The summed E-state index contributed by atoms with van der Waals surface area (Å²) in [6.07, 6.45) is 0. The van der Waals surface area contributed by atoms with Gasteiger partial charge in [-0.05, 0) is 19.1 Å². The molecule has 0 aliphatic carbocycles. The zero-order valence-corrected chi connectivity index (χ0v) is 11.0. The fourth-order valence-electron chi connectivity index (χ4n) is 1.18. The molecule has 1 rings (SSSR count). The average molecular weight is 273 g/mol. The maximum atomic E-state index is 11.3. The molecule has 5 nitrogen and oxygen atoms in total. The molecule has 0 unspecified atom stereocenters. The summed E-state index contributed by atoms with van der Waals surface area (Å²) < 4.78 is 4.68. The Labute approximate surface area is 112 Å². The van der Waals surface area contributed by atoms with Crippen molar-refractivity contribution < 1.29 is 14.3 Å². The lowest BCUT2D eigenvalue weighted by molar-refractivity contribution is -0.143. The molecule has 0 aromatic heterocycles. The van der Waals surface area contributed by atoms with Gasteiger partial charge in [0.15, 0.2) is 0 Å². The third-order valence-corrected chi connectivity index (χ3v) is 1.96. The van der Waals surface area contributed by atoms with E-state index in [9.17, 15) is 9.59 Å². The molecule has 100 valence electrons. The van der Waals surface area contributed by atoms with Crippen LogP contribution in [-0.2, 0) is 14.3 Å². The van der Waals surface area contributed by atoms with E-state index in [1.807, 2.05) is 30.3 Å². The lowest BCUT2D eigenvalue weighted by atomic mass is 10.3. The van der Waals surface area contributed by atoms with Crippen LogP contribution in [0.2, 0.25) is 0 Å². The van der Waals surface area contributed by atoms with E-state index in [4.69, 9.17) is 0 Å². The van der Waals surface area contributed by atoms with Gasteiger partial charge in [-0.25, -0.2) is 0 Å². The molecule has 6 heteroatoms. The third-order valence-electron chi connectivity index (χ3n) is 1.96. The molecule has 0 saturated heterocycles. The standard InChI is InChI=1S/C12H16N2O3.ClH/c1-2-17-12(16)9-14-11(15)8-13-10-6-4-3-5-7-10;/h3-7,13H,2,8-9H2,1H3,(H,14,15);1H. The summed E-state index contributed by atoms with van der Waals surface area (Å²) >= 11 is 0. The molecule has 0 heterocycles. The minimum atomic E-state index is -0.430. The highest BCUT2D eigenvalue weighted by Crippen LogP contribution is 2.03. The van der Waals surface area contributed by atoms with Crippen molar-refractivity contribution in [1.82, 2.24) is 5.32 Å². The summed E-state index contributed by atoms with van der Waals surface area (Å²) in [5, 5.41) is 5.40. The summed E-state index contributed by atoms with van der Waals surface area (Å²) in [6, 6.07) is 9.36. The third kappa shape index (κ3) is 6.75. The van der Waals surface area contributed by atoms with Crippen LogP contribution in [0.1, 0.15) is 6.92 Å². The molecule has 0 atom stereocenters. The Kier molecular flexibility index (Phi) is 8.39. The smallest absolute Gasteiger partial charge is 0.325 e. The molecule has 0 spiro atoms. The molecule has 0 fully saturated rings. The quantitative estimate of drug-likeness (QED) is 0.764. The van der Waals surface area contributed by atoms with Gasteiger partial charge in [0.25, 0.3) is 0 Å². The van der Waals surface area contributed by atoms with Crippen LogP contribution in [0.5, 0.6) is 0 Å². The fourth-order valence-corrected chi connectivity index (χ4v) is 1.18. The van der Waals surface area contributed by atoms with Crippen LogP contribution >= 0.6 is 12.4 Å². The largest absolute Gasteiger partial charge is 0.465 e. The van der Waals surface area contributed by atoms with E-state index in [1.165, 1.54) is 0 Å². The van der Waals surface area contributed by atoms with E-state index in [0.717, 1.165) is 5.69 Å². The summed E-state index contributed by atoms with van der Waals surface area (Å²) in [6.45, 7) is 2.07. The predicted octanol–water partition coefficient (Wildman–Crippen LogP) is 1.20. The van der Waals surface area contributed by atoms with Gasteiger partial charge in [-0.1, -0.05) is 18.2 Å². The maximum Gasteiger partial charge on any atom is 0.325 e. The lowest BCUT2D eigenvalue weighted by Crippen LogP contribution is -2.34. The second-order valence-corrected chi connectivity index (χ2v) is 3.30.